The van der Waals surface area contributed by atoms with Gasteiger partial charge in [-0.3, -0.25) is 0 Å². The summed E-state index contributed by atoms with van der Waals surface area (Å²) < 4.78 is 0. The first kappa shape index (κ1) is 123. The van der Waals surface area contributed by atoms with Crippen LogP contribution in [-0.4, -0.2) is 250 Å². The van der Waals surface area contributed by atoms with Crippen molar-refractivity contribution in [1.29, 1.82) is 0 Å². The Bertz CT molecular complexity index is 2420. The number of hydrogen-bond donors (Lipinski definition) is 6. The van der Waals surface area contributed by atoms with E-state index in [4.69, 9.17) is 30.6 Å². The van der Waals surface area contributed by atoms with E-state index in [2.05, 4.69) is 180 Å². The Balaban J connectivity index is 0.000000866. The summed E-state index contributed by atoms with van der Waals surface area (Å²) in [5, 5.41) is 91.7. The largest absolute Gasteiger partial charge is 1.00 e. The van der Waals surface area contributed by atoms with Crippen LogP contribution in [0.2, 0.25) is 0 Å². The molecule has 6 aliphatic rings. The topological polar surface area (TPSA) is 344 Å². The van der Waals surface area contributed by atoms with Gasteiger partial charge in [0.15, 0.2) is 0 Å². The standard InChI is InChI=1S/3C24H42As2O6S6.3Na/c3*27-22(28)10-4-1-7-19-13-16-33-25(36-19)34-17-14-20(8-2-5-11-23(29)30)37-26-35-18-15-21(38-26)9-3-6-12-24(31)32;;;/h3*19-21H,1-18H2,(H,27,28)(H,29,30)(H,31,32);;;/q;;;3*+1/p-3. The number of unbranched alkanes of at least 4 members (excludes halogenated alkanes) is 9. The molecular formula is C72H123As6Na3O18S18. The van der Waals surface area contributed by atoms with Gasteiger partial charge in [-0.15, -0.1) is 0 Å². The summed E-state index contributed by atoms with van der Waals surface area (Å²) in [5.74, 6) is 4.04. The summed E-state index contributed by atoms with van der Waals surface area (Å²) in [6.07, 6.45) is 39.2. The van der Waals surface area contributed by atoms with Crippen LogP contribution in [0.25, 0.3) is 0 Å². The third kappa shape index (κ3) is 71.1. The number of carbonyl (C=O) groups excluding carboxylic acids is 3. The van der Waals surface area contributed by atoms with Gasteiger partial charge in [-0.25, -0.2) is 0 Å². The van der Waals surface area contributed by atoms with Crippen LogP contribution in [0.1, 0.15) is 289 Å². The maximum atomic E-state index is 10.9. The molecular weight excluding hydrogens is 2250 g/mol. The Morgan fingerprint density at radius 3 is 0.632 bits per heavy atom. The first-order valence-corrected chi connectivity index (χ1v) is 97.7. The zero-order valence-corrected chi connectivity index (χ0v) is 100. The molecule has 660 valence electrons. The molecule has 15 atom stereocenters. The van der Waals surface area contributed by atoms with Crippen molar-refractivity contribution in [2.45, 2.75) is 336 Å². The van der Waals surface area contributed by atoms with Crippen molar-refractivity contribution < 1.29 is 178 Å². The molecule has 15 unspecified atom stereocenters. The fourth-order valence-electron chi connectivity index (χ4n) is 12.0. The van der Waals surface area contributed by atoms with Crippen LogP contribution in [0.5, 0.6) is 0 Å². The van der Waals surface area contributed by atoms with Crippen molar-refractivity contribution in [3.63, 3.8) is 0 Å². The van der Waals surface area contributed by atoms with Gasteiger partial charge in [-0.05, 0) is 0 Å². The second-order valence-corrected chi connectivity index (χ2v) is 130. The van der Waals surface area contributed by atoms with E-state index >= 15 is 0 Å². The first-order chi connectivity index (χ1) is 54.9. The van der Waals surface area contributed by atoms with Crippen LogP contribution in [0, 0.1) is 0 Å². The average Bonchev–Trinajstić information content (AvgIpc) is 0.900. The Hall–Kier alpha value is 7.88. The molecule has 0 saturated carbocycles. The van der Waals surface area contributed by atoms with E-state index in [1.807, 2.05) is 0 Å². The van der Waals surface area contributed by atoms with Crippen molar-refractivity contribution >= 4 is 301 Å². The van der Waals surface area contributed by atoms with E-state index in [0.29, 0.717) is 66.5 Å². The zero-order valence-electron chi connectivity index (χ0n) is 68.5. The number of carbonyl (C=O) groups is 9. The van der Waals surface area contributed by atoms with Crippen molar-refractivity contribution in [1.82, 2.24) is 0 Å². The van der Waals surface area contributed by atoms with Gasteiger partial charge in [0, 0.05) is 0 Å². The molecule has 0 aliphatic carbocycles. The summed E-state index contributed by atoms with van der Waals surface area (Å²) in [4.78, 5) is 97.2. The number of aliphatic carboxylic acids is 9. The van der Waals surface area contributed by atoms with E-state index in [1.54, 1.807) is 0 Å². The van der Waals surface area contributed by atoms with Crippen molar-refractivity contribution in [2.24, 2.45) is 0 Å². The Morgan fingerprint density at radius 1 is 0.265 bits per heavy atom. The van der Waals surface area contributed by atoms with E-state index in [-0.39, 0.29) is 146 Å². The summed E-state index contributed by atoms with van der Waals surface area (Å²) in [6.45, 7) is 0. The quantitative estimate of drug-likeness (QED) is 0.0243. The molecule has 0 aromatic heterocycles. The van der Waals surface area contributed by atoms with Crippen LogP contribution >= 0.6 is 180 Å². The fraction of sp³-hybridized carbons (Fsp3) is 0.875. The molecule has 117 heavy (non-hydrogen) atoms. The van der Waals surface area contributed by atoms with Crippen molar-refractivity contribution in [3.8, 4) is 0 Å². The van der Waals surface area contributed by atoms with Gasteiger partial charge in [-0.2, -0.15) is 0 Å². The van der Waals surface area contributed by atoms with Gasteiger partial charge in [0.1, 0.15) is 0 Å². The molecule has 0 amide bonds. The Morgan fingerprint density at radius 2 is 0.444 bits per heavy atom. The molecule has 6 fully saturated rings. The van der Waals surface area contributed by atoms with E-state index in [9.17, 15) is 58.5 Å². The molecule has 18 nitrogen and oxygen atoms in total. The van der Waals surface area contributed by atoms with Crippen LogP contribution < -0.4 is 104 Å². The van der Waals surface area contributed by atoms with Crippen LogP contribution in [0.15, 0.2) is 0 Å². The third-order valence-corrected chi connectivity index (χ3v) is 135. The third-order valence-electron chi connectivity index (χ3n) is 18.3. The molecule has 0 aromatic rings. The Labute approximate surface area is 852 Å². The summed E-state index contributed by atoms with van der Waals surface area (Å²) in [7, 11) is 39.8. The molecule has 6 aliphatic heterocycles. The van der Waals surface area contributed by atoms with Crippen LogP contribution in [-0.2, 0) is 43.2 Å². The molecule has 0 radical (unpaired) electrons. The minimum absolute atomic E-state index is 0. The number of carboxylic acid groups (broad SMARTS) is 9. The molecule has 6 N–H and O–H groups in total. The zero-order chi connectivity index (χ0) is 82.8. The molecule has 6 rings (SSSR count). The maximum Gasteiger partial charge on any atom is 1.00 e. The predicted octanol–water partition coefficient (Wildman–Crippen LogP) is 9.79. The maximum absolute atomic E-state index is 10.9. The summed E-state index contributed by atoms with van der Waals surface area (Å²) >= 11 is -6.40. The normalized spacial score (nSPS) is 24.0. The van der Waals surface area contributed by atoms with Crippen LogP contribution in [0.4, 0.5) is 0 Å². The smallest absolute Gasteiger partial charge is 1.00 e. The van der Waals surface area contributed by atoms with Crippen LogP contribution in [0.3, 0.4) is 0 Å². The van der Waals surface area contributed by atoms with Gasteiger partial charge in [0.05, 0.1) is 0 Å². The minimum atomic E-state index is -1.12. The SMILES string of the molecule is O=C([O-])CCCCC(CCS[As]1SCCC(CCCCC(=O)O)S1)S[As]1SCCC(CCCCC(=O)O)S1.O=C([O-])CCCCC(CCS[As]1SCCC(CCCCC(=O)O)S1)S[As]1SCCC(CCCCC(=O)O)S1.O=C([O-])CCCCC(CCS[As]1SCCC(CCCCC(=O)O)S1)S[As]1SCCC(CCCCC(=O)O)S1.[Na+].[Na+].[Na+]. The minimum Gasteiger partial charge on any atom is 1.00 e. The second-order valence-electron chi connectivity index (χ2n) is 28.2. The van der Waals surface area contributed by atoms with Gasteiger partial charge >= 0.3 is 867 Å². The molecule has 6 heterocycles. The number of carboxylic acids is 9. The van der Waals surface area contributed by atoms with Gasteiger partial charge in [-0.1, -0.05) is 0 Å². The van der Waals surface area contributed by atoms with E-state index in [0.717, 1.165) is 154 Å². The fourth-order valence-corrected chi connectivity index (χ4v) is 145. The molecule has 45 heteroatoms. The van der Waals surface area contributed by atoms with E-state index in [1.165, 1.54) is 110 Å². The van der Waals surface area contributed by atoms with Crippen molar-refractivity contribution in [3.05, 3.63) is 0 Å². The molecule has 0 bridgehead atoms. The second kappa shape index (κ2) is 81.1. The summed E-state index contributed by atoms with van der Waals surface area (Å²) in [6, 6.07) is 0. The van der Waals surface area contributed by atoms with Crippen molar-refractivity contribution in [2.75, 3.05) is 51.8 Å². The van der Waals surface area contributed by atoms with Gasteiger partial charge < -0.3 is 0 Å². The predicted molar refractivity (Wildman–Crippen MR) is 518 cm³/mol. The number of rotatable bonds is 63. The molecule has 0 spiro atoms. The number of hydrogen-bond acceptors (Lipinski definition) is 30. The average molecular weight is 2370 g/mol. The summed E-state index contributed by atoms with van der Waals surface area (Å²) in [5.41, 5.74) is 0. The molecule has 6 saturated heterocycles. The van der Waals surface area contributed by atoms with E-state index < -0.39 is 121 Å². The monoisotopic (exact) mass is 2370 g/mol. The van der Waals surface area contributed by atoms with Gasteiger partial charge in [0.2, 0.25) is 0 Å². The first-order valence-electron chi connectivity index (χ1n) is 40.3. The van der Waals surface area contributed by atoms with Gasteiger partial charge in [0.25, 0.3) is 0 Å². The Kier molecular flexibility index (Phi) is 85.2. The molecule has 0 aromatic carbocycles.